The molecular weight excluding hydrogens is 464 g/mol. The van der Waals surface area contributed by atoms with Gasteiger partial charge in [0.25, 0.3) is 0 Å². The molecule has 2 atom stereocenters. The Labute approximate surface area is 199 Å². The van der Waals surface area contributed by atoms with Gasteiger partial charge in [-0.1, -0.05) is 22.9 Å². The zero-order valence-electron chi connectivity index (χ0n) is 18.3. The second-order valence-electron chi connectivity index (χ2n) is 7.59. The van der Waals surface area contributed by atoms with Crippen molar-refractivity contribution in [2.24, 2.45) is 13.0 Å². The van der Waals surface area contributed by atoms with Crippen LogP contribution in [-0.4, -0.2) is 49.4 Å². The number of nitrogens with zero attached hydrogens (tertiary/aromatic N) is 5. The van der Waals surface area contributed by atoms with Crippen molar-refractivity contribution in [2.45, 2.75) is 19.4 Å². The lowest BCUT2D eigenvalue weighted by Crippen LogP contribution is -2.24. The van der Waals surface area contributed by atoms with Gasteiger partial charge in [0.2, 0.25) is 11.8 Å². The maximum absolute atomic E-state index is 12.5. The molecule has 4 heterocycles. The summed E-state index contributed by atoms with van der Waals surface area (Å²) < 4.78 is 6.79. The summed E-state index contributed by atoms with van der Waals surface area (Å²) in [6, 6.07) is 6.69. The molecule has 0 bridgehead atoms. The van der Waals surface area contributed by atoms with Crippen LogP contribution in [0.4, 0.5) is 16.3 Å². The van der Waals surface area contributed by atoms with Gasteiger partial charge in [0.1, 0.15) is 11.3 Å². The van der Waals surface area contributed by atoms with Gasteiger partial charge in [-0.15, -0.1) is 5.10 Å². The molecule has 0 spiro atoms. The van der Waals surface area contributed by atoms with E-state index in [-0.39, 0.29) is 29.2 Å². The molecule has 3 amide bonds. The molecule has 1 saturated heterocycles. The van der Waals surface area contributed by atoms with E-state index in [9.17, 15) is 14.4 Å². The van der Waals surface area contributed by atoms with Crippen LogP contribution in [0.5, 0.6) is 0 Å². The van der Waals surface area contributed by atoms with Crippen LogP contribution < -0.4 is 16.0 Å². The van der Waals surface area contributed by atoms with Crippen molar-refractivity contribution in [3.63, 3.8) is 0 Å². The molecule has 3 aromatic rings. The highest BCUT2D eigenvalue weighted by Gasteiger charge is 2.28. The molecule has 13 heteroatoms. The number of carbonyl (C=O) groups excluding carboxylic acids is 3. The minimum Gasteiger partial charge on any atom is -0.441 e. The predicted octanol–water partition coefficient (Wildman–Crippen LogP) is 2.31. The summed E-state index contributed by atoms with van der Waals surface area (Å²) in [6.45, 7) is 1.99. The molecule has 34 heavy (non-hydrogen) atoms. The average molecular weight is 485 g/mol. The Kier molecular flexibility index (Phi) is 6.68. The number of carbonyl (C=O) groups is 3. The van der Waals surface area contributed by atoms with E-state index in [1.165, 1.54) is 10.9 Å². The van der Waals surface area contributed by atoms with Gasteiger partial charge in [0.15, 0.2) is 11.5 Å². The molecule has 1 aliphatic heterocycles. The van der Waals surface area contributed by atoms with E-state index in [0.29, 0.717) is 29.2 Å². The predicted molar refractivity (Wildman–Crippen MR) is 122 cm³/mol. The van der Waals surface area contributed by atoms with Gasteiger partial charge in [-0.25, -0.2) is 14.5 Å². The standard InChI is InChI=1S/C21H21ClN8O4/c1-11(14-4-3-7-23-18(14)22)34-21(33)27-19-17(28-29-30(19)2)15-6-5-13(10-24-15)26-20(32)12-8-16(31)25-9-12/h3-7,10-12H,8-9H2,1-2H3,(H,25,31)(H,26,32)(H,27,33)/t11-,12+/m1/s1. The summed E-state index contributed by atoms with van der Waals surface area (Å²) in [5.74, 6) is -0.555. The number of hydrogen-bond donors (Lipinski definition) is 3. The Morgan fingerprint density at radius 2 is 2.09 bits per heavy atom. The summed E-state index contributed by atoms with van der Waals surface area (Å²) >= 11 is 6.06. The number of pyridine rings is 2. The maximum atomic E-state index is 12.5. The van der Waals surface area contributed by atoms with Gasteiger partial charge in [-0.3, -0.25) is 19.9 Å². The van der Waals surface area contributed by atoms with Crippen LogP contribution in [0.3, 0.4) is 0 Å². The number of aromatic nitrogens is 5. The first-order valence-electron chi connectivity index (χ1n) is 10.3. The smallest absolute Gasteiger partial charge is 0.413 e. The summed E-state index contributed by atoms with van der Waals surface area (Å²) in [5, 5.41) is 16.3. The fourth-order valence-electron chi connectivity index (χ4n) is 3.36. The Balaban J connectivity index is 1.43. The first kappa shape index (κ1) is 23.1. The molecule has 1 fully saturated rings. The van der Waals surface area contributed by atoms with Crippen molar-refractivity contribution in [1.82, 2.24) is 30.3 Å². The van der Waals surface area contributed by atoms with E-state index in [1.807, 2.05) is 0 Å². The highest BCUT2D eigenvalue weighted by atomic mass is 35.5. The SMILES string of the molecule is C[C@@H](OC(=O)Nc1c(-c2ccc(NC(=O)[C@@H]3CNC(=O)C3)cn2)nnn1C)c1cccnc1Cl. The molecule has 0 aromatic carbocycles. The first-order valence-corrected chi connectivity index (χ1v) is 10.7. The Morgan fingerprint density at radius 1 is 1.26 bits per heavy atom. The third-order valence-electron chi connectivity index (χ3n) is 5.18. The van der Waals surface area contributed by atoms with Crippen LogP contribution in [0.2, 0.25) is 5.15 Å². The monoisotopic (exact) mass is 484 g/mol. The van der Waals surface area contributed by atoms with Gasteiger partial charge in [-0.2, -0.15) is 0 Å². The molecule has 3 N–H and O–H groups in total. The highest BCUT2D eigenvalue weighted by molar-refractivity contribution is 6.30. The average Bonchev–Trinajstić information content (AvgIpc) is 3.40. The van der Waals surface area contributed by atoms with Crippen molar-refractivity contribution in [2.75, 3.05) is 17.2 Å². The van der Waals surface area contributed by atoms with Gasteiger partial charge >= 0.3 is 6.09 Å². The molecular formula is C21H21ClN8O4. The molecule has 0 unspecified atom stereocenters. The highest BCUT2D eigenvalue weighted by Crippen LogP contribution is 2.27. The van der Waals surface area contributed by atoms with Crippen molar-refractivity contribution in [3.8, 4) is 11.4 Å². The van der Waals surface area contributed by atoms with Crippen LogP contribution in [-0.2, 0) is 21.4 Å². The molecule has 0 saturated carbocycles. The second-order valence-corrected chi connectivity index (χ2v) is 7.95. The number of amides is 3. The van der Waals surface area contributed by atoms with E-state index in [0.717, 1.165) is 0 Å². The summed E-state index contributed by atoms with van der Waals surface area (Å²) in [7, 11) is 1.61. The normalized spacial score (nSPS) is 16.0. The summed E-state index contributed by atoms with van der Waals surface area (Å²) in [5.41, 5.74) is 1.77. The third-order valence-corrected chi connectivity index (χ3v) is 5.49. The molecule has 1 aliphatic rings. The number of aryl methyl sites for hydroxylation is 1. The minimum absolute atomic E-state index is 0.146. The number of anilines is 2. The minimum atomic E-state index is -0.734. The molecule has 3 aromatic heterocycles. The van der Waals surface area contributed by atoms with Crippen molar-refractivity contribution < 1.29 is 19.1 Å². The number of nitrogens with one attached hydrogen (secondary N) is 3. The number of halogens is 1. The van der Waals surface area contributed by atoms with Crippen LogP contribution >= 0.6 is 11.6 Å². The molecule has 12 nitrogen and oxygen atoms in total. The largest absolute Gasteiger partial charge is 0.441 e. The number of hydrogen-bond acceptors (Lipinski definition) is 8. The zero-order valence-corrected chi connectivity index (χ0v) is 19.0. The fraction of sp³-hybridized carbons (Fsp3) is 0.286. The van der Waals surface area contributed by atoms with E-state index in [4.69, 9.17) is 16.3 Å². The second kappa shape index (κ2) is 9.83. The first-order chi connectivity index (χ1) is 16.3. The molecule has 0 aliphatic carbocycles. The van der Waals surface area contributed by atoms with E-state index >= 15 is 0 Å². The Hall–Kier alpha value is -4.06. The lowest BCUT2D eigenvalue weighted by Gasteiger charge is -2.15. The topological polar surface area (TPSA) is 153 Å². The zero-order chi connectivity index (χ0) is 24.2. The molecule has 4 rings (SSSR count). The number of rotatable bonds is 6. The van der Waals surface area contributed by atoms with Crippen molar-refractivity contribution >= 4 is 41.0 Å². The Morgan fingerprint density at radius 3 is 2.76 bits per heavy atom. The fourth-order valence-corrected chi connectivity index (χ4v) is 3.64. The summed E-state index contributed by atoms with van der Waals surface area (Å²) in [4.78, 5) is 44.4. The Bertz CT molecular complexity index is 1230. The van der Waals surface area contributed by atoms with Gasteiger partial charge in [0, 0.05) is 31.8 Å². The maximum Gasteiger partial charge on any atom is 0.413 e. The van der Waals surface area contributed by atoms with E-state index in [2.05, 4.69) is 36.2 Å². The quantitative estimate of drug-likeness (QED) is 0.450. The van der Waals surface area contributed by atoms with Crippen molar-refractivity contribution in [3.05, 3.63) is 47.4 Å². The van der Waals surface area contributed by atoms with Crippen LogP contribution in [0.25, 0.3) is 11.4 Å². The summed E-state index contributed by atoms with van der Waals surface area (Å²) in [6.07, 6.45) is 1.79. The molecule has 0 radical (unpaired) electrons. The van der Waals surface area contributed by atoms with Crippen molar-refractivity contribution in [1.29, 1.82) is 0 Å². The number of ether oxygens (including phenoxy) is 1. The van der Waals surface area contributed by atoms with Gasteiger partial charge < -0.3 is 15.4 Å². The van der Waals surface area contributed by atoms with Crippen LogP contribution in [0.1, 0.15) is 25.0 Å². The van der Waals surface area contributed by atoms with Crippen LogP contribution in [0.15, 0.2) is 36.7 Å². The van der Waals surface area contributed by atoms with E-state index in [1.54, 1.807) is 44.4 Å². The van der Waals surface area contributed by atoms with Crippen LogP contribution in [0, 0.1) is 5.92 Å². The third kappa shape index (κ3) is 5.12. The lowest BCUT2D eigenvalue weighted by atomic mass is 10.1. The van der Waals surface area contributed by atoms with E-state index < -0.39 is 18.1 Å². The lowest BCUT2D eigenvalue weighted by molar-refractivity contribution is -0.123. The molecule has 176 valence electrons. The van der Waals surface area contributed by atoms with Gasteiger partial charge in [0.05, 0.1) is 23.5 Å². The van der Waals surface area contributed by atoms with Gasteiger partial charge in [-0.05, 0) is 25.1 Å².